The lowest BCUT2D eigenvalue weighted by Gasteiger charge is -2.36. The number of likely N-dealkylation sites (tertiary alicyclic amines) is 1. The second kappa shape index (κ2) is 9.00. The number of ether oxygens (including phenoxy) is 1. The second-order valence-electron chi connectivity index (χ2n) is 7.32. The summed E-state index contributed by atoms with van der Waals surface area (Å²) >= 11 is 0. The Labute approximate surface area is 160 Å². The Bertz CT molecular complexity index is 744. The first-order chi connectivity index (χ1) is 13.0. The van der Waals surface area contributed by atoms with Crippen molar-refractivity contribution in [1.82, 2.24) is 9.80 Å². The summed E-state index contributed by atoms with van der Waals surface area (Å²) < 4.78 is 18.5. The molecule has 3 rings (SSSR count). The number of carbonyl (C=O) groups is 1. The molecule has 1 unspecified atom stereocenters. The van der Waals surface area contributed by atoms with Crippen molar-refractivity contribution in [2.24, 2.45) is 0 Å². The van der Waals surface area contributed by atoms with Crippen LogP contribution in [0.5, 0.6) is 5.75 Å². The number of halogens is 1. The summed E-state index contributed by atoms with van der Waals surface area (Å²) in [4.78, 5) is 16.8. The molecule has 0 radical (unpaired) electrons. The van der Waals surface area contributed by atoms with Crippen molar-refractivity contribution in [3.05, 3.63) is 65.5 Å². The van der Waals surface area contributed by atoms with Gasteiger partial charge in [0.2, 0.25) is 0 Å². The third-order valence-corrected chi connectivity index (χ3v) is 4.86. The molecule has 0 bridgehead atoms. The van der Waals surface area contributed by atoms with Crippen LogP contribution < -0.4 is 4.74 Å². The number of nitrogens with zero attached hydrogens (tertiary/aromatic N) is 2. The van der Waals surface area contributed by atoms with Gasteiger partial charge >= 0.3 is 0 Å². The minimum atomic E-state index is -0.317. The van der Waals surface area contributed by atoms with E-state index in [-0.39, 0.29) is 24.4 Å². The molecule has 1 atom stereocenters. The van der Waals surface area contributed by atoms with Crippen molar-refractivity contribution in [2.45, 2.75) is 31.8 Å². The number of amides is 1. The number of carbonyl (C=O) groups excluding carboxylic acids is 1. The molecule has 27 heavy (non-hydrogen) atoms. The van der Waals surface area contributed by atoms with E-state index < -0.39 is 0 Å². The highest BCUT2D eigenvalue weighted by Gasteiger charge is 2.28. The summed E-state index contributed by atoms with van der Waals surface area (Å²) in [7, 11) is 4.10. The molecule has 0 aromatic heterocycles. The van der Waals surface area contributed by atoms with Crippen LogP contribution >= 0.6 is 0 Å². The number of rotatable bonds is 6. The van der Waals surface area contributed by atoms with Gasteiger partial charge in [-0.1, -0.05) is 24.3 Å². The van der Waals surface area contributed by atoms with Crippen LogP contribution in [-0.4, -0.2) is 43.0 Å². The fraction of sp³-hybridized carbons (Fsp3) is 0.409. The zero-order valence-corrected chi connectivity index (χ0v) is 16.0. The Balaban J connectivity index is 1.65. The number of hydrogen-bond donors (Lipinski definition) is 0. The van der Waals surface area contributed by atoms with Gasteiger partial charge in [-0.3, -0.25) is 4.79 Å². The van der Waals surface area contributed by atoms with E-state index in [4.69, 9.17) is 4.74 Å². The van der Waals surface area contributed by atoms with E-state index in [0.717, 1.165) is 32.4 Å². The van der Waals surface area contributed by atoms with E-state index in [0.29, 0.717) is 5.75 Å². The maximum atomic E-state index is 13.0. The van der Waals surface area contributed by atoms with Crippen molar-refractivity contribution in [1.29, 1.82) is 0 Å². The van der Waals surface area contributed by atoms with E-state index in [1.165, 1.54) is 23.3 Å². The number of benzene rings is 2. The molecule has 1 fully saturated rings. The highest BCUT2D eigenvalue weighted by atomic mass is 19.1. The molecule has 1 amide bonds. The predicted octanol–water partition coefficient (Wildman–Crippen LogP) is 4.02. The maximum absolute atomic E-state index is 13.0. The van der Waals surface area contributed by atoms with Gasteiger partial charge in [-0.15, -0.1) is 0 Å². The molecule has 144 valence electrons. The maximum Gasteiger partial charge on any atom is 0.261 e. The summed E-state index contributed by atoms with van der Waals surface area (Å²) in [6, 6.07) is 14.4. The van der Waals surface area contributed by atoms with Gasteiger partial charge in [0.15, 0.2) is 6.61 Å². The van der Waals surface area contributed by atoms with Crippen molar-refractivity contribution >= 4 is 5.91 Å². The lowest BCUT2D eigenvalue weighted by atomic mass is 9.94. The van der Waals surface area contributed by atoms with E-state index in [9.17, 15) is 9.18 Å². The Morgan fingerprint density at radius 2 is 1.81 bits per heavy atom. The molecule has 0 N–H and O–H groups in total. The molecule has 2 aromatic carbocycles. The topological polar surface area (TPSA) is 32.8 Å². The van der Waals surface area contributed by atoms with Gasteiger partial charge in [0.05, 0.1) is 6.04 Å². The molecule has 2 aromatic rings. The summed E-state index contributed by atoms with van der Waals surface area (Å²) in [5, 5.41) is 0. The zero-order chi connectivity index (χ0) is 19.2. The lowest BCUT2D eigenvalue weighted by Crippen LogP contribution is -2.41. The normalized spacial score (nSPS) is 17.2. The summed E-state index contributed by atoms with van der Waals surface area (Å²) in [5.74, 6) is 0.162. The molecule has 1 saturated heterocycles. The van der Waals surface area contributed by atoms with Gasteiger partial charge in [-0.2, -0.15) is 0 Å². The fourth-order valence-corrected chi connectivity index (χ4v) is 3.55. The minimum absolute atomic E-state index is 0.0265. The van der Waals surface area contributed by atoms with Crippen LogP contribution in [0.25, 0.3) is 0 Å². The van der Waals surface area contributed by atoms with Crippen LogP contribution in [0.2, 0.25) is 0 Å². The van der Waals surface area contributed by atoms with Gasteiger partial charge < -0.3 is 14.5 Å². The molecular formula is C22H27FN2O2. The molecule has 1 aliphatic rings. The third-order valence-electron chi connectivity index (χ3n) is 4.86. The molecule has 0 aliphatic carbocycles. The molecule has 1 aliphatic heterocycles. The van der Waals surface area contributed by atoms with Gasteiger partial charge in [0.25, 0.3) is 5.91 Å². The first kappa shape index (κ1) is 19.4. The highest BCUT2D eigenvalue weighted by molar-refractivity contribution is 5.78. The Hall–Kier alpha value is -2.40. The van der Waals surface area contributed by atoms with Crippen molar-refractivity contribution in [3.63, 3.8) is 0 Å². The predicted molar refractivity (Wildman–Crippen MR) is 104 cm³/mol. The molecule has 4 nitrogen and oxygen atoms in total. The Kier molecular flexibility index (Phi) is 6.45. The monoisotopic (exact) mass is 370 g/mol. The number of piperidine rings is 1. The van der Waals surface area contributed by atoms with E-state index >= 15 is 0 Å². The molecule has 5 heteroatoms. The molecule has 1 heterocycles. The zero-order valence-electron chi connectivity index (χ0n) is 16.0. The van der Waals surface area contributed by atoms with Gasteiger partial charge in [-0.05, 0) is 68.8 Å². The molecule has 0 spiro atoms. The minimum Gasteiger partial charge on any atom is -0.484 e. The fourth-order valence-electron chi connectivity index (χ4n) is 3.55. The second-order valence-corrected chi connectivity index (χ2v) is 7.32. The van der Waals surface area contributed by atoms with Crippen molar-refractivity contribution < 1.29 is 13.9 Å². The van der Waals surface area contributed by atoms with Crippen molar-refractivity contribution in [2.75, 3.05) is 27.2 Å². The Morgan fingerprint density at radius 1 is 1.11 bits per heavy atom. The van der Waals surface area contributed by atoms with Crippen LogP contribution in [0.1, 0.15) is 36.4 Å². The quantitative estimate of drug-likeness (QED) is 0.770. The van der Waals surface area contributed by atoms with E-state index in [1.54, 1.807) is 12.1 Å². The summed E-state index contributed by atoms with van der Waals surface area (Å²) in [5.41, 5.74) is 2.43. The molecule has 0 saturated carbocycles. The lowest BCUT2D eigenvalue weighted by molar-refractivity contribution is -0.137. The Morgan fingerprint density at radius 3 is 2.48 bits per heavy atom. The standard InChI is InChI=1S/C22H27FN2O2/c1-24(2)15-17-6-8-18(9-7-17)21-5-3-4-14-25(21)22(26)16-27-20-12-10-19(23)11-13-20/h6-13,21H,3-5,14-16H2,1-2H3. The van der Waals surface area contributed by atoms with Crippen LogP contribution in [0, 0.1) is 5.82 Å². The van der Waals surface area contributed by atoms with Crippen LogP contribution in [0.15, 0.2) is 48.5 Å². The smallest absolute Gasteiger partial charge is 0.261 e. The first-order valence-corrected chi connectivity index (χ1v) is 9.44. The van der Waals surface area contributed by atoms with Gasteiger partial charge in [0.1, 0.15) is 11.6 Å². The van der Waals surface area contributed by atoms with Crippen LogP contribution in [-0.2, 0) is 11.3 Å². The average molecular weight is 370 g/mol. The van der Waals surface area contributed by atoms with Gasteiger partial charge in [0, 0.05) is 13.1 Å². The third kappa shape index (κ3) is 5.30. The summed E-state index contributed by atoms with van der Waals surface area (Å²) in [6.45, 7) is 1.62. The molecular weight excluding hydrogens is 343 g/mol. The number of hydrogen-bond acceptors (Lipinski definition) is 3. The summed E-state index contributed by atoms with van der Waals surface area (Å²) in [6.07, 6.45) is 3.10. The first-order valence-electron chi connectivity index (χ1n) is 9.44. The van der Waals surface area contributed by atoms with E-state index in [1.807, 2.05) is 4.90 Å². The van der Waals surface area contributed by atoms with E-state index in [2.05, 4.69) is 43.3 Å². The highest BCUT2D eigenvalue weighted by Crippen LogP contribution is 2.31. The van der Waals surface area contributed by atoms with Crippen LogP contribution in [0.3, 0.4) is 0 Å². The average Bonchev–Trinajstić information content (AvgIpc) is 2.67. The van der Waals surface area contributed by atoms with Crippen LogP contribution in [0.4, 0.5) is 4.39 Å². The van der Waals surface area contributed by atoms with Crippen molar-refractivity contribution in [3.8, 4) is 5.75 Å². The van der Waals surface area contributed by atoms with Gasteiger partial charge in [-0.25, -0.2) is 4.39 Å². The SMILES string of the molecule is CN(C)Cc1ccc(C2CCCCN2C(=O)COc2ccc(F)cc2)cc1. The largest absolute Gasteiger partial charge is 0.484 e.